The summed E-state index contributed by atoms with van der Waals surface area (Å²) in [5.41, 5.74) is 4.96. The fourth-order valence-corrected chi connectivity index (χ4v) is 0.668. The lowest BCUT2D eigenvalue weighted by molar-refractivity contribution is -0.119. The maximum Gasteiger partial charge on any atom is 0.231 e. The van der Waals surface area contributed by atoms with E-state index >= 15 is 0 Å². The van der Waals surface area contributed by atoms with Gasteiger partial charge in [-0.15, -0.1) is 0 Å². The van der Waals surface area contributed by atoms with Gasteiger partial charge in [-0.1, -0.05) is 34.6 Å². The lowest BCUT2D eigenvalue weighted by Gasteiger charge is -2.14. The highest BCUT2D eigenvalue weighted by Crippen LogP contribution is 1.83. The highest BCUT2D eigenvalue weighted by Gasteiger charge is 2.00. The Morgan fingerprint density at radius 2 is 1.54 bits per heavy atom. The fourth-order valence-electron chi connectivity index (χ4n) is 0.668. The first-order valence-corrected chi connectivity index (χ1v) is 4.94. The number of likely N-dealkylation sites (N-methyl/N-ethyl adjacent to an activating group) is 1. The van der Waals surface area contributed by atoms with Crippen molar-refractivity contribution < 1.29 is 4.79 Å². The molecule has 0 heterocycles. The van der Waals surface area contributed by atoms with E-state index in [0.717, 1.165) is 19.0 Å². The van der Waals surface area contributed by atoms with Gasteiger partial charge in [0.15, 0.2) is 0 Å². The van der Waals surface area contributed by atoms with Crippen molar-refractivity contribution in [1.29, 1.82) is 0 Å². The van der Waals surface area contributed by atoms with E-state index < -0.39 is 0 Å². The smallest absolute Gasteiger partial charge is 0.231 e. The van der Waals surface area contributed by atoms with Crippen LogP contribution in [0.4, 0.5) is 0 Å². The van der Waals surface area contributed by atoms with Gasteiger partial charge < -0.3 is 5.73 Å². The van der Waals surface area contributed by atoms with Gasteiger partial charge in [-0.3, -0.25) is 9.69 Å². The number of rotatable bonds is 4. The minimum atomic E-state index is -0.251. The molecule has 0 aromatic carbocycles. The van der Waals surface area contributed by atoms with Crippen LogP contribution in [0.5, 0.6) is 0 Å². The first kappa shape index (κ1) is 14.9. The summed E-state index contributed by atoms with van der Waals surface area (Å²) in [6.45, 7) is 12.7. The molecule has 0 saturated heterocycles. The van der Waals surface area contributed by atoms with Gasteiger partial charge in [0.1, 0.15) is 0 Å². The predicted octanol–water partition coefficient (Wildman–Crippen LogP) is 1.48. The van der Waals surface area contributed by atoms with Gasteiger partial charge in [0.05, 0.1) is 6.54 Å². The van der Waals surface area contributed by atoms with Crippen LogP contribution in [-0.2, 0) is 4.79 Å². The molecular weight excluding hydrogens is 164 g/mol. The zero-order chi connectivity index (χ0) is 10.9. The second-order valence-corrected chi connectivity index (χ2v) is 3.66. The molecule has 0 unspecified atom stereocenters. The normalized spacial score (nSPS) is 9.77. The first-order chi connectivity index (χ1) is 5.93. The molecule has 0 spiro atoms. The maximum atomic E-state index is 10.3. The molecule has 3 heteroatoms. The highest BCUT2D eigenvalue weighted by molar-refractivity contribution is 5.75. The summed E-state index contributed by atoms with van der Waals surface area (Å²) in [6, 6.07) is 0. The van der Waals surface area contributed by atoms with Crippen LogP contribution in [0.25, 0.3) is 0 Å². The van der Waals surface area contributed by atoms with E-state index in [1.54, 1.807) is 0 Å². The van der Waals surface area contributed by atoms with Crippen molar-refractivity contribution in [3.05, 3.63) is 0 Å². The Morgan fingerprint density at radius 3 is 1.62 bits per heavy atom. The quantitative estimate of drug-likeness (QED) is 0.726. The van der Waals surface area contributed by atoms with Gasteiger partial charge >= 0.3 is 0 Å². The molecule has 13 heavy (non-hydrogen) atoms. The van der Waals surface area contributed by atoms with Gasteiger partial charge in [-0.05, 0) is 19.0 Å². The van der Waals surface area contributed by atoms with Crippen molar-refractivity contribution in [3.8, 4) is 0 Å². The topological polar surface area (TPSA) is 46.3 Å². The van der Waals surface area contributed by atoms with E-state index in [-0.39, 0.29) is 5.91 Å². The number of carbonyl (C=O) groups is 1. The van der Waals surface area contributed by atoms with Crippen molar-refractivity contribution in [2.75, 3.05) is 19.6 Å². The minimum Gasteiger partial charge on any atom is -0.369 e. The van der Waals surface area contributed by atoms with Crippen LogP contribution >= 0.6 is 0 Å². The molecule has 0 aliphatic rings. The predicted molar refractivity (Wildman–Crippen MR) is 57.5 cm³/mol. The molecule has 0 fully saturated rings. The summed E-state index contributed by atoms with van der Waals surface area (Å²) >= 11 is 0. The third kappa shape index (κ3) is 18.4. The van der Waals surface area contributed by atoms with Gasteiger partial charge in [-0.25, -0.2) is 0 Å². The fraction of sp³-hybridized carbons (Fsp3) is 0.900. The third-order valence-electron chi connectivity index (χ3n) is 1.27. The summed E-state index contributed by atoms with van der Waals surface area (Å²) in [4.78, 5) is 12.3. The van der Waals surface area contributed by atoms with Crippen LogP contribution in [0.1, 0.15) is 34.6 Å². The van der Waals surface area contributed by atoms with Gasteiger partial charge in [-0.2, -0.15) is 0 Å². The molecule has 0 atom stereocenters. The number of nitrogens with zero attached hydrogens (tertiary/aromatic N) is 1. The maximum absolute atomic E-state index is 10.3. The van der Waals surface area contributed by atoms with Crippen LogP contribution in [0, 0.1) is 5.92 Å². The molecule has 0 aromatic heterocycles. The molecular formula is C10H24N2O. The van der Waals surface area contributed by atoms with Crippen LogP contribution in [0.3, 0.4) is 0 Å². The molecule has 1 amide bonds. The lowest BCUT2D eigenvalue weighted by Crippen LogP contribution is -2.33. The number of hydrogen-bond acceptors (Lipinski definition) is 2. The van der Waals surface area contributed by atoms with Crippen LogP contribution < -0.4 is 5.73 Å². The molecule has 80 valence electrons. The monoisotopic (exact) mass is 188 g/mol. The average molecular weight is 188 g/mol. The van der Waals surface area contributed by atoms with Crippen molar-refractivity contribution in [2.45, 2.75) is 34.6 Å². The SMILES string of the molecule is CC(C)C.CCN(CC)CC(N)=O. The molecule has 3 nitrogen and oxygen atoms in total. The molecule has 2 N–H and O–H groups in total. The molecule has 0 aliphatic heterocycles. The molecule has 0 aromatic rings. The molecule has 0 saturated carbocycles. The van der Waals surface area contributed by atoms with E-state index in [4.69, 9.17) is 5.73 Å². The molecule has 0 bridgehead atoms. The molecule has 0 radical (unpaired) electrons. The van der Waals surface area contributed by atoms with Crippen molar-refractivity contribution in [3.63, 3.8) is 0 Å². The second kappa shape index (κ2) is 9.52. The minimum absolute atomic E-state index is 0.251. The Labute approximate surface area is 82.3 Å². The molecule has 0 aliphatic carbocycles. The Hall–Kier alpha value is -0.570. The Bertz CT molecular complexity index is 117. The van der Waals surface area contributed by atoms with Crippen molar-refractivity contribution in [1.82, 2.24) is 4.90 Å². The number of nitrogens with two attached hydrogens (primary N) is 1. The standard InChI is InChI=1S/C6H14N2O.C4H10/c1-3-8(4-2)5-6(7)9;1-4(2)3/h3-5H2,1-2H3,(H2,7,9);4H,1-3H3. The Kier molecular flexibility index (Phi) is 10.9. The Morgan fingerprint density at radius 1 is 1.23 bits per heavy atom. The average Bonchev–Trinajstić information content (AvgIpc) is 1.98. The first-order valence-electron chi connectivity index (χ1n) is 4.94. The second-order valence-electron chi connectivity index (χ2n) is 3.66. The van der Waals surface area contributed by atoms with Gasteiger partial charge in [0.25, 0.3) is 0 Å². The van der Waals surface area contributed by atoms with Crippen LogP contribution in [0.2, 0.25) is 0 Å². The van der Waals surface area contributed by atoms with Crippen molar-refractivity contribution in [2.24, 2.45) is 11.7 Å². The summed E-state index contributed by atoms with van der Waals surface area (Å²) < 4.78 is 0. The molecule has 0 rings (SSSR count). The van der Waals surface area contributed by atoms with E-state index in [9.17, 15) is 4.79 Å². The third-order valence-corrected chi connectivity index (χ3v) is 1.27. The summed E-state index contributed by atoms with van der Waals surface area (Å²) in [7, 11) is 0. The van der Waals surface area contributed by atoms with E-state index in [1.807, 2.05) is 18.7 Å². The summed E-state index contributed by atoms with van der Waals surface area (Å²) in [5.74, 6) is 0.582. The Balaban J connectivity index is 0. The van der Waals surface area contributed by atoms with Crippen LogP contribution in [0.15, 0.2) is 0 Å². The zero-order valence-electron chi connectivity index (χ0n) is 9.63. The number of primary amides is 1. The van der Waals surface area contributed by atoms with Crippen LogP contribution in [-0.4, -0.2) is 30.4 Å². The number of hydrogen-bond donors (Lipinski definition) is 1. The highest BCUT2D eigenvalue weighted by atomic mass is 16.1. The van der Waals surface area contributed by atoms with E-state index in [1.165, 1.54) is 0 Å². The summed E-state index contributed by atoms with van der Waals surface area (Å²) in [6.07, 6.45) is 0. The number of carbonyl (C=O) groups excluding carboxylic acids is 1. The lowest BCUT2D eigenvalue weighted by atomic mass is 10.3. The zero-order valence-corrected chi connectivity index (χ0v) is 9.63. The number of amides is 1. The summed E-state index contributed by atoms with van der Waals surface area (Å²) in [5, 5.41) is 0. The van der Waals surface area contributed by atoms with E-state index in [2.05, 4.69) is 20.8 Å². The van der Waals surface area contributed by atoms with Crippen molar-refractivity contribution >= 4 is 5.91 Å². The van der Waals surface area contributed by atoms with E-state index in [0.29, 0.717) is 6.54 Å². The largest absolute Gasteiger partial charge is 0.369 e. The van der Waals surface area contributed by atoms with Gasteiger partial charge in [0.2, 0.25) is 5.91 Å². The van der Waals surface area contributed by atoms with Gasteiger partial charge in [0, 0.05) is 0 Å².